The number of ether oxygens (including phenoxy) is 1. The molecular formula is C9H18O2S. The van der Waals surface area contributed by atoms with Crippen LogP contribution in [-0.2, 0) is 9.53 Å². The zero-order chi connectivity index (χ0) is 9.23. The van der Waals surface area contributed by atoms with Crippen LogP contribution in [0.15, 0.2) is 0 Å². The van der Waals surface area contributed by atoms with Gasteiger partial charge in [-0.3, -0.25) is 4.79 Å². The van der Waals surface area contributed by atoms with Crippen molar-refractivity contribution in [2.24, 2.45) is 0 Å². The van der Waals surface area contributed by atoms with Crippen LogP contribution in [0.1, 0.15) is 26.2 Å². The Balaban J connectivity index is 2.95. The lowest BCUT2D eigenvalue weighted by atomic mass is 10.2. The van der Waals surface area contributed by atoms with Gasteiger partial charge in [0.05, 0.1) is 6.61 Å². The summed E-state index contributed by atoms with van der Waals surface area (Å²) in [6.07, 6.45) is 2.44. The number of Topliss-reactive ketones (excluding diaryl/α,β-unsaturated/α-hetero) is 1. The molecule has 0 atom stereocenters. The van der Waals surface area contributed by atoms with Crippen LogP contribution in [0.4, 0.5) is 0 Å². The van der Waals surface area contributed by atoms with Gasteiger partial charge in [0.25, 0.3) is 0 Å². The molecule has 0 saturated heterocycles. The molecule has 0 radical (unpaired) electrons. The fourth-order valence-corrected chi connectivity index (χ4v) is 1.63. The lowest BCUT2D eigenvalue weighted by Gasteiger charge is -1.99. The predicted molar refractivity (Wildman–Crippen MR) is 53.7 cm³/mol. The van der Waals surface area contributed by atoms with Gasteiger partial charge in [0.1, 0.15) is 5.78 Å². The molecule has 0 aromatic heterocycles. The Morgan fingerprint density at radius 3 is 2.75 bits per heavy atom. The molecule has 0 bridgehead atoms. The Bertz CT molecular complexity index is 115. The molecule has 0 fully saturated rings. The third-order valence-corrected chi connectivity index (χ3v) is 2.60. The van der Waals surface area contributed by atoms with Crippen molar-refractivity contribution >= 4 is 17.5 Å². The lowest BCUT2D eigenvalue weighted by Crippen LogP contribution is -1.97. The summed E-state index contributed by atoms with van der Waals surface area (Å²) in [7, 11) is 1.71. The van der Waals surface area contributed by atoms with E-state index in [0.717, 1.165) is 31.0 Å². The summed E-state index contributed by atoms with van der Waals surface area (Å²) in [4.78, 5) is 10.9. The van der Waals surface area contributed by atoms with Crippen LogP contribution in [0.5, 0.6) is 0 Å². The predicted octanol–water partition coefficient (Wildman–Crippen LogP) is 2.13. The highest BCUT2D eigenvalue weighted by atomic mass is 32.2. The van der Waals surface area contributed by atoms with Crippen LogP contribution in [0.2, 0.25) is 0 Å². The van der Waals surface area contributed by atoms with Gasteiger partial charge >= 0.3 is 0 Å². The Kier molecular flexibility index (Phi) is 9.06. The SMILES string of the molecule is CCC(=O)CCCSCCOC. The van der Waals surface area contributed by atoms with Gasteiger partial charge in [0.15, 0.2) is 0 Å². The van der Waals surface area contributed by atoms with Crippen molar-refractivity contribution in [1.29, 1.82) is 0 Å². The van der Waals surface area contributed by atoms with E-state index in [-0.39, 0.29) is 0 Å². The minimum atomic E-state index is 0.377. The highest BCUT2D eigenvalue weighted by Crippen LogP contribution is 2.05. The minimum absolute atomic E-state index is 0.377. The molecule has 72 valence electrons. The van der Waals surface area contributed by atoms with E-state index in [9.17, 15) is 4.79 Å². The summed E-state index contributed by atoms with van der Waals surface area (Å²) >= 11 is 1.85. The van der Waals surface area contributed by atoms with E-state index in [1.54, 1.807) is 7.11 Å². The number of rotatable bonds is 8. The van der Waals surface area contributed by atoms with Crippen LogP contribution in [0.25, 0.3) is 0 Å². The topological polar surface area (TPSA) is 26.3 Å². The molecule has 2 nitrogen and oxygen atoms in total. The average Bonchev–Trinajstić information content (AvgIpc) is 2.10. The van der Waals surface area contributed by atoms with E-state index in [2.05, 4.69) is 0 Å². The third-order valence-electron chi connectivity index (χ3n) is 1.57. The zero-order valence-electron chi connectivity index (χ0n) is 7.97. The molecule has 0 unspecified atom stereocenters. The quantitative estimate of drug-likeness (QED) is 0.548. The van der Waals surface area contributed by atoms with Crippen molar-refractivity contribution in [3.8, 4) is 0 Å². The molecule has 0 aliphatic carbocycles. The van der Waals surface area contributed by atoms with Gasteiger partial charge in [0.2, 0.25) is 0 Å². The summed E-state index contributed by atoms with van der Waals surface area (Å²) in [5.41, 5.74) is 0. The Labute approximate surface area is 79.1 Å². The van der Waals surface area contributed by atoms with Crippen molar-refractivity contribution in [1.82, 2.24) is 0 Å². The van der Waals surface area contributed by atoms with E-state index in [1.165, 1.54) is 0 Å². The van der Waals surface area contributed by atoms with Crippen LogP contribution in [0.3, 0.4) is 0 Å². The van der Waals surface area contributed by atoms with Gasteiger partial charge in [-0.25, -0.2) is 0 Å². The molecule has 0 heterocycles. The van der Waals surface area contributed by atoms with Crippen molar-refractivity contribution < 1.29 is 9.53 Å². The molecule has 0 saturated carbocycles. The van der Waals surface area contributed by atoms with Crippen molar-refractivity contribution in [3.63, 3.8) is 0 Å². The number of thioether (sulfide) groups is 1. The second kappa shape index (κ2) is 9.07. The molecule has 0 N–H and O–H groups in total. The van der Waals surface area contributed by atoms with Gasteiger partial charge in [0, 0.05) is 25.7 Å². The summed E-state index contributed by atoms with van der Waals surface area (Å²) < 4.78 is 4.90. The first-order valence-electron chi connectivity index (χ1n) is 4.39. The van der Waals surface area contributed by atoms with Crippen molar-refractivity contribution in [2.45, 2.75) is 26.2 Å². The molecule has 0 aromatic rings. The fourth-order valence-electron chi connectivity index (χ4n) is 0.792. The Morgan fingerprint density at radius 1 is 1.42 bits per heavy atom. The number of carbonyl (C=O) groups is 1. The smallest absolute Gasteiger partial charge is 0.132 e. The zero-order valence-corrected chi connectivity index (χ0v) is 8.78. The van der Waals surface area contributed by atoms with Gasteiger partial charge in [-0.1, -0.05) is 6.92 Å². The van der Waals surface area contributed by atoms with E-state index < -0.39 is 0 Å². The molecule has 0 aliphatic heterocycles. The molecular weight excluding hydrogens is 172 g/mol. The summed E-state index contributed by atoms with van der Waals surface area (Å²) in [5, 5.41) is 0. The van der Waals surface area contributed by atoms with E-state index >= 15 is 0 Å². The normalized spacial score (nSPS) is 10.2. The van der Waals surface area contributed by atoms with Gasteiger partial charge in [-0.15, -0.1) is 0 Å². The highest BCUT2D eigenvalue weighted by Gasteiger charge is 1.97. The number of ketones is 1. The maximum absolute atomic E-state index is 10.9. The molecule has 0 aromatic carbocycles. The van der Waals surface area contributed by atoms with Gasteiger partial charge in [-0.05, 0) is 12.2 Å². The van der Waals surface area contributed by atoms with Crippen LogP contribution >= 0.6 is 11.8 Å². The largest absolute Gasteiger partial charge is 0.384 e. The summed E-state index contributed by atoms with van der Waals surface area (Å²) in [5.74, 6) is 2.49. The van der Waals surface area contributed by atoms with E-state index in [0.29, 0.717) is 12.2 Å². The molecule has 0 aliphatic rings. The monoisotopic (exact) mass is 190 g/mol. The van der Waals surface area contributed by atoms with Crippen LogP contribution in [0, 0.1) is 0 Å². The molecule has 0 rings (SSSR count). The minimum Gasteiger partial charge on any atom is -0.384 e. The van der Waals surface area contributed by atoms with E-state index in [1.807, 2.05) is 18.7 Å². The van der Waals surface area contributed by atoms with E-state index in [4.69, 9.17) is 4.74 Å². The number of methoxy groups -OCH3 is 1. The third kappa shape index (κ3) is 8.08. The number of hydrogen-bond donors (Lipinski definition) is 0. The number of hydrogen-bond acceptors (Lipinski definition) is 3. The first-order chi connectivity index (χ1) is 5.81. The van der Waals surface area contributed by atoms with Crippen LogP contribution < -0.4 is 0 Å². The highest BCUT2D eigenvalue weighted by molar-refractivity contribution is 7.99. The van der Waals surface area contributed by atoms with Crippen LogP contribution in [-0.4, -0.2) is 31.0 Å². The first kappa shape index (κ1) is 12.0. The fraction of sp³-hybridized carbons (Fsp3) is 0.889. The number of carbonyl (C=O) groups excluding carboxylic acids is 1. The molecule has 0 spiro atoms. The first-order valence-corrected chi connectivity index (χ1v) is 5.55. The summed E-state index contributed by atoms with van der Waals surface area (Å²) in [6, 6.07) is 0. The average molecular weight is 190 g/mol. The molecule has 0 amide bonds. The van der Waals surface area contributed by atoms with Crippen molar-refractivity contribution in [3.05, 3.63) is 0 Å². The second-order valence-electron chi connectivity index (χ2n) is 2.60. The second-order valence-corrected chi connectivity index (χ2v) is 3.83. The van der Waals surface area contributed by atoms with Gasteiger partial charge < -0.3 is 4.74 Å². The van der Waals surface area contributed by atoms with Gasteiger partial charge in [-0.2, -0.15) is 11.8 Å². The Morgan fingerprint density at radius 2 is 2.17 bits per heavy atom. The molecule has 12 heavy (non-hydrogen) atoms. The maximum atomic E-state index is 10.9. The summed E-state index contributed by atoms with van der Waals surface area (Å²) in [6.45, 7) is 2.73. The standard InChI is InChI=1S/C9H18O2S/c1-3-9(10)5-4-7-12-8-6-11-2/h3-8H2,1-2H3. The molecule has 3 heteroatoms. The Hall–Kier alpha value is -0.0200. The van der Waals surface area contributed by atoms with Crippen molar-refractivity contribution in [2.75, 3.05) is 25.2 Å². The lowest BCUT2D eigenvalue weighted by molar-refractivity contribution is -0.118. The maximum Gasteiger partial charge on any atom is 0.132 e.